The van der Waals surface area contributed by atoms with Crippen molar-refractivity contribution in [2.45, 2.75) is 13.5 Å². The van der Waals surface area contributed by atoms with Gasteiger partial charge in [0.15, 0.2) is 10.6 Å². The molecule has 0 spiro atoms. The summed E-state index contributed by atoms with van der Waals surface area (Å²) < 4.78 is 12.5. The number of aryl methyl sites for hydroxylation is 1. The zero-order valence-electron chi connectivity index (χ0n) is 9.06. The van der Waals surface area contributed by atoms with E-state index in [1.165, 1.54) is 0 Å². The summed E-state index contributed by atoms with van der Waals surface area (Å²) in [5.41, 5.74) is 0.837. The lowest BCUT2D eigenvalue weighted by Gasteiger charge is -2.04. The number of ether oxygens (including phenoxy) is 1. The van der Waals surface area contributed by atoms with Crippen LogP contribution in [-0.4, -0.2) is 33.6 Å². The number of hydrogen-bond acceptors (Lipinski definition) is 5. The molecule has 6 nitrogen and oxygen atoms in total. The van der Waals surface area contributed by atoms with Crippen molar-refractivity contribution in [2.75, 3.05) is 13.7 Å². The maximum absolute atomic E-state index is 5.14. The molecule has 2 heterocycles. The highest BCUT2D eigenvalue weighted by Gasteiger charge is 2.13. The Morgan fingerprint density at radius 2 is 2.44 bits per heavy atom. The third-order valence-electron chi connectivity index (χ3n) is 2.27. The molecule has 0 bridgehead atoms. The van der Waals surface area contributed by atoms with E-state index in [9.17, 15) is 0 Å². The third kappa shape index (κ3) is 1.91. The highest BCUT2D eigenvalue weighted by atomic mass is 32.1. The first-order valence-corrected chi connectivity index (χ1v) is 5.20. The van der Waals surface area contributed by atoms with Crippen molar-refractivity contribution in [2.24, 2.45) is 0 Å². The molecule has 0 saturated carbocycles. The van der Waals surface area contributed by atoms with Crippen molar-refractivity contribution < 1.29 is 9.26 Å². The fourth-order valence-electron chi connectivity index (χ4n) is 1.43. The Bertz CT molecular complexity index is 528. The van der Waals surface area contributed by atoms with Crippen LogP contribution in [0, 0.1) is 11.7 Å². The number of aromatic amines is 1. The predicted molar refractivity (Wildman–Crippen MR) is 59.5 cm³/mol. The predicted octanol–water partition coefficient (Wildman–Crippen LogP) is 1.55. The zero-order valence-corrected chi connectivity index (χ0v) is 9.87. The number of H-pyrrole nitrogens is 1. The summed E-state index contributed by atoms with van der Waals surface area (Å²) in [5, 5.41) is 10.6. The number of nitrogens with one attached hydrogen (secondary N) is 1. The van der Waals surface area contributed by atoms with E-state index in [0.29, 0.717) is 23.7 Å². The highest BCUT2D eigenvalue weighted by molar-refractivity contribution is 7.71. The van der Waals surface area contributed by atoms with E-state index in [-0.39, 0.29) is 0 Å². The quantitative estimate of drug-likeness (QED) is 0.821. The van der Waals surface area contributed by atoms with Crippen molar-refractivity contribution >= 4 is 12.2 Å². The number of methoxy groups -OCH3 is 1. The Kier molecular flexibility index (Phi) is 3.16. The molecule has 0 aromatic carbocycles. The molecule has 2 aromatic rings. The topological polar surface area (TPSA) is 68.9 Å². The van der Waals surface area contributed by atoms with E-state index in [2.05, 4.69) is 15.4 Å². The lowest BCUT2D eigenvalue weighted by molar-refractivity contribution is 0.187. The molecule has 7 heteroatoms. The van der Waals surface area contributed by atoms with Crippen LogP contribution < -0.4 is 0 Å². The molecule has 0 saturated heterocycles. The molecule has 16 heavy (non-hydrogen) atoms. The Balaban J connectivity index is 2.42. The monoisotopic (exact) mass is 240 g/mol. The molecule has 2 aromatic heterocycles. The van der Waals surface area contributed by atoms with Gasteiger partial charge in [-0.25, -0.2) is 0 Å². The molecule has 86 valence electrons. The molecule has 1 N–H and O–H groups in total. The minimum absolute atomic E-state index is 0.563. The van der Waals surface area contributed by atoms with E-state index in [4.69, 9.17) is 21.5 Å². The molecular weight excluding hydrogens is 228 g/mol. The minimum atomic E-state index is 0.563. The molecule has 0 aliphatic rings. The Hall–Kier alpha value is -1.47. The number of aromatic nitrogens is 4. The number of hydrogen-bond donors (Lipinski definition) is 1. The highest BCUT2D eigenvalue weighted by Crippen LogP contribution is 2.20. The lowest BCUT2D eigenvalue weighted by Crippen LogP contribution is -2.06. The van der Waals surface area contributed by atoms with E-state index >= 15 is 0 Å². The smallest absolute Gasteiger partial charge is 0.195 e. The van der Waals surface area contributed by atoms with E-state index < -0.39 is 0 Å². The van der Waals surface area contributed by atoms with E-state index in [1.54, 1.807) is 13.3 Å². The van der Waals surface area contributed by atoms with Gasteiger partial charge in [-0.3, -0.25) is 9.67 Å². The molecule has 0 radical (unpaired) electrons. The lowest BCUT2D eigenvalue weighted by atomic mass is 10.2. The maximum atomic E-state index is 5.14. The second kappa shape index (κ2) is 4.58. The Labute approximate surface area is 97.2 Å². The van der Waals surface area contributed by atoms with Crippen LogP contribution in [-0.2, 0) is 11.3 Å². The van der Waals surface area contributed by atoms with Gasteiger partial charge in [-0.1, -0.05) is 5.16 Å². The summed E-state index contributed by atoms with van der Waals surface area (Å²) >= 11 is 5.14. The van der Waals surface area contributed by atoms with Crippen LogP contribution in [0.2, 0.25) is 0 Å². The van der Waals surface area contributed by atoms with Gasteiger partial charge < -0.3 is 9.26 Å². The van der Waals surface area contributed by atoms with Gasteiger partial charge in [0.05, 0.1) is 24.9 Å². The largest absolute Gasteiger partial charge is 0.383 e. The van der Waals surface area contributed by atoms with Crippen LogP contribution in [0.3, 0.4) is 0 Å². The second-order valence-corrected chi connectivity index (χ2v) is 3.68. The molecule has 0 atom stereocenters. The zero-order chi connectivity index (χ0) is 11.5. The van der Waals surface area contributed by atoms with Crippen LogP contribution in [0.1, 0.15) is 5.76 Å². The summed E-state index contributed by atoms with van der Waals surface area (Å²) in [6, 6.07) is 0. The van der Waals surface area contributed by atoms with Crippen molar-refractivity contribution in [3.8, 4) is 11.4 Å². The molecule has 0 unspecified atom stereocenters. The van der Waals surface area contributed by atoms with Crippen LogP contribution in [0.15, 0.2) is 10.7 Å². The van der Waals surface area contributed by atoms with Crippen molar-refractivity contribution in [3.63, 3.8) is 0 Å². The van der Waals surface area contributed by atoms with Gasteiger partial charge in [0.2, 0.25) is 0 Å². The average Bonchev–Trinajstić information content (AvgIpc) is 2.82. The molecule has 0 fully saturated rings. The van der Waals surface area contributed by atoms with Gasteiger partial charge in [-0.05, 0) is 19.1 Å². The SMILES string of the molecule is COCCn1c(-c2cnoc2C)n[nH]c1=S. The third-order valence-corrected chi connectivity index (χ3v) is 2.58. The normalized spacial score (nSPS) is 10.9. The van der Waals surface area contributed by atoms with Gasteiger partial charge in [0, 0.05) is 7.11 Å². The van der Waals surface area contributed by atoms with E-state index in [1.807, 2.05) is 11.5 Å². The number of rotatable bonds is 4. The first kappa shape index (κ1) is 11.0. The Morgan fingerprint density at radius 3 is 3.06 bits per heavy atom. The van der Waals surface area contributed by atoms with Gasteiger partial charge in [-0.15, -0.1) is 0 Å². The van der Waals surface area contributed by atoms with Gasteiger partial charge in [0.1, 0.15) is 5.76 Å². The van der Waals surface area contributed by atoms with Crippen molar-refractivity contribution in [3.05, 3.63) is 16.7 Å². The first-order chi connectivity index (χ1) is 7.74. The average molecular weight is 240 g/mol. The minimum Gasteiger partial charge on any atom is -0.383 e. The maximum Gasteiger partial charge on any atom is 0.195 e. The van der Waals surface area contributed by atoms with E-state index in [0.717, 1.165) is 11.4 Å². The van der Waals surface area contributed by atoms with Crippen LogP contribution in [0.4, 0.5) is 0 Å². The number of nitrogens with zero attached hydrogens (tertiary/aromatic N) is 3. The fourth-order valence-corrected chi connectivity index (χ4v) is 1.65. The van der Waals surface area contributed by atoms with Crippen molar-refractivity contribution in [1.82, 2.24) is 19.9 Å². The molecular formula is C9H12N4O2S. The first-order valence-electron chi connectivity index (χ1n) is 4.80. The molecule has 0 aliphatic heterocycles. The second-order valence-electron chi connectivity index (χ2n) is 3.29. The molecule has 0 aliphatic carbocycles. The van der Waals surface area contributed by atoms with Gasteiger partial charge in [-0.2, -0.15) is 5.10 Å². The van der Waals surface area contributed by atoms with Gasteiger partial charge in [0.25, 0.3) is 0 Å². The standard InChI is InChI=1S/C9H12N4O2S/c1-6-7(5-10-15-6)8-11-12-9(16)13(8)3-4-14-2/h5H,3-4H2,1-2H3,(H,12,16). The molecule has 0 amide bonds. The summed E-state index contributed by atoms with van der Waals surface area (Å²) in [6.07, 6.45) is 1.63. The summed E-state index contributed by atoms with van der Waals surface area (Å²) in [7, 11) is 1.65. The van der Waals surface area contributed by atoms with Crippen LogP contribution in [0.25, 0.3) is 11.4 Å². The van der Waals surface area contributed by atoms with Crippen molar-refractivity contribution in [1.29, 1.82) is 0 Å². The Morgan fingerprint density at radius 1 is 1.62 bits per heavy atom. The summed E-state index contributed by atoms with van der Waals surface area (Å²) in [5.74, 6) is 1.44. The van der Waals surface area contributed by atoms with Crippen LogP contribution in [0.5, 0.6) is 0 Å². The summed E-state index contributed by atoms with van der Waals surface area (Å²) in [4.78, 5) is 0. The van der Waals surface area contributed by atoms with Crippen LogP contribution >= 0.6 is 12.2 Å². The molecule has 2 rings (SSSR count). The fraction of sp³-hybridized carbons (Fsp3) is 0.444. The summed E-state index contributed by atoms with van der Waals surface area (Å²) in [6.45, 7) is 3.05. The van der Waals surface area contributed by atoms with Gasteiger partial charge >= 0.3 is 0 Å².